The number of anilines is 3. The zero-order valence-corrected chi connectivity index (χ0v) is 34.8. The van der Waals surface area contributed by atoms with Crippen LogP contribution in [-0.2, 0) is 5.41 Å². The monoisotopic (exact) mass is 802 g/mol. The van der Waals surface area contributed by atoms with E-state index in [9.17, 15) is 0 Å². The lowest BCUT2D eigenvalue weighted by Crippen LogP contribution is -2.56. The molecule has 0 saturated carbocycles. The third-order valence-electron chi connectivity index (χ3n) is 13.3. The lowest BCUT2D eigenvalue weighted by molar-refractivity contribution is 0.590. The number of hydrogen-bond acceptors (Lipinski definition) is 4. The Labute approximate surface area is 354 Å². The lowest BCUT2D eigenvalue weighted by Gasteiger charge is -2.41. The second-order valence-electron chi connectivity index (χ2n) is 17.6. The van der Waals surface area contributed by atoms with Gasteiger partial charge in [-0.15, -0.1) is 22.7 Å². The van der Waals surface area contributed by atoms with Crippen molar-refractivity contribution in [3.05, 3.63) is 163 Å². The van der Waals surface area contributed by atoms with Crippen LogP contribution in [0, 0.1) is 0 Å². The van der Waals surface area contributed by atoms with Gasteiger partial charge in [0.15, 0.2) is 0 Å². The minimum absolute atomic E-state index is 0.0315. The highest BCUT2D eigenvalue weighted by Gasteiger charge is 2.45. The van der Waals surface area contributed by atoms with Gasteiger partial charge < -0.3 is 13.8 Å². The van der Waals surface area contributed by atoms with E-state index < -0.39 is 0 Å². The summed E-state index contributed by atoms with van der Waals surface area (Å²) in [4.78, 5) is 2.63. The van der Waals surface area contributed by atoms with E-state index in [1.54, 1.807) is 0 Å². The van der Waals surface area contributed by atoms with Gasteiger partial charge in [0.1, 0.15) is 11.2 Å². The highest BCUT2D eigenvalue weighted by molar-refractivity contribution is 7.27. The second kappa shape index (κ2) is 11.6. The molecule has 0 bridgehead atoms. The van der Waals surface area contributed by atoms with Crippen molar-refractivity contribution in [2.24, 2.45) is 0 Å². The molecule has 0 saturated heterocycles. The van der Waals surface area contributed by atoms with Crippen LogP contribution in [0.4, 0.5) is 17.1 Å². The first-order valence-corrected chi connectivity index (χ1v) is 22.4. The number of hydrogen-bond donors (Lipinski definition) is 0. The van der Waals surface area contributed by atoms with Gasteiger partial charge in [-0.05, 0) is 69.4 Å². The van der Waals surface area contributed by atoms with Crippen molar-refractivity contribution >= 4 is 131 Å². The molecule has 6 heterocycles. The van der Waals surface area contributed by atoms with Crippen molar-refractivity contribution in [3.8, 4) is 22.3 Å². The SMILES string of the molecule is CC(C)(C)c1ccc(N2c3cc4oc5ccccc5c4cc3B3c4c(cc5c(sc6ccccc65)c42)-c2cccc4c5sc6ccccc6c5n3c24)c(-c2ccccc2)c1. The topological polar surface area (TPSA) is 21.3 Å². The Kier molecular flexibility index (Phi) is 6.41. The van der Waals surface area contributed by atoms with Crippen molar-refractivity contribution in [3.63, 3.8) is 0 Å². The van der Waals surface area contributed by atoms with Crippen LogP contribution >= 0.6 is 22.7 Å². The quantitative estimate of drug-likeness (QED) is 0.162. The molecule has 8 aromatic carbocycles. The first-order valence-electron chi connectivity index (χ1n) is 20.8. The normalized spacial score (nSPS) is 13.5. The molecular weight excluding hydrogens is 768 g/mol. The van der Waals surface area contributed by atoms with Gasteiger partial charge in [-0.3, -0.25) is 0 Å². The van der Waals surface area contributed by atoms with Gasteiger partial charge in [0.25, 0.3) is 0 Å². The van der Waals surface area contributed by atoms with Gasteiger partial charge in [0, 0.05) is 70.1 Å². The van der Waals surface area contributed by atoms with Gasteiger partial charge in [-0.1, -0.05) is 136 Å². The first-order chi connectivity index (χ1) is 29.4. The Morgan fingerprint density at radius 2 is 1.22 bits per heavy atom. The van der Waals surface area contributed by atoms with E-state index in [0.717, 1.165) is 27.6 Å². The number of fused-ring (bicyclic) bond motifs is 16. The predicted molar refractivity (Wildman–Crippen MR) is 260 cm³/mol. The standard InChI is InChI=1S/C54H35BN2OS2/c1-54(2,3)31-24-25-42(37(26-31)30-14-5-4-6-15-30)56-43-29-45-38(32-16-7-10-21-44(32)58-45)28-41(43)55-48-39(27-40-33-17-8-11-22-46(33)59-53(40)51(48)56)34-19-13-20-36-49(34)57(55)50-35-18-9-12-23-47(35)60-52(36)50/h4-29H,1-3H3. The molecule has 60 heavy (non-hydrogen) atoms. The molecule has 0 fully saturated rings. The van der Waals surface area contributed by atoms with Crippen molar-refractivity contribution < 1.29 is 4.42 Å². The molecule has 4 aromatic heterocycles. The molecule has 6 heteroatoms. The third kappa shape index (κ3) is 4.24. The van der Waals surface area contributed by atoms with Crippen LogP contribution in [0.1, 0.15) is 26.3 Å². The van der Waals surface area contributed by atoms with Crippen LogP contribution in [0.2, 0.25) is 0 Å². The van der Waals surface area contributed by atoms with Crippen molar-refractivity contribution in [2.75, 3.05) is 4.90 Å². The maximum absolute atomic E-state index is 6.80. The average molecular weight is 803 g/mol. The van der Waals surface area contributed by atoms with Crippen LogP contribution in [0.15, 0.2) is 162 Å². The molecule has 2 aliphatic rings. The Balaban J connectivity index is 1.22. The van der Waals surface area contributed by atoms with Crippen LogP contribution in [0.5, 0.6) is 0 Å². The second-order valence-corrected chi connectivity index (χ2v) is 19.7. The van der Waals surface area contributed by atoms with Gasteiger partial charge in [-0.25, -0.2) is 0 Å². The molecular formula is C54H35BN2OS2. The molecule has 0 N–H and O–H groups in total. The minimum atomic E-state index is -0.0872. The summed E-state index contributed by atoms with van der Waals surface area (Å²) in [7, 11) is 0. The number of thiophene rings is 2. The van der Waals surface area contributed by atoms with E-state index in [0.29, 0.717) is 0 Å². The third-order valence-corrected chi connectivity index (χ3v) is 15.7. The number of nitrogens with zero attached hydrogens (tertiary/aromatic N) is 2. The van der Waals surface area contributed by atoms with Gasteiger partial charge in [-0.2, -0.15) is 0 Å². The van der Waals surface area contributed by atoms with Gasteiger partial charge >= 0.3 is 6.85 Å². The number of furan rings is 1. The Hall–Kier alpha value is -6.60. The lowest BCUT2D eigenvalue weighted by atomic mass is 9.45. The molecule has 0 atom stereocenters. The summed E-state index contributed by atoms with van der Waals surface area (Å²) in [5.74, 6) is 0. The Bertz CT molecular complexity index is 3840. The van der Waals surface area contributed by atoms with E-state index in [-0.39, 0.29) is 12.3 Å². The number of aromatic nitrogens is 1. The molecule has 12 aromatic rings. The predicted octanol–water partition coefficient (Wildman–Crippen LogP) is 14.7. The van der Waals surface area contributed by atoms with Crippen molar-refractivity contribution in [2.45, 2.75) is 26.2 Å². The first kappa shape index (κ1) is 33.3. The van der Waals surface area contributed by atoms with Crippen molar-refractivity contribution in [1.82, 2.24) is 4.48 Å². The molecule has 14 rings (SSSR count). The molecule has 0 unspecified atom stereocenters. The summed E-state index contributed by atoms with van der Waals surface area (Å²) in [6, 6.07) is 59.0. The zero-order valence-electron chi connectivity index (χ0n) is 33.2. The Morgan fingerprint density at radius 1 is 0.500 bits per heavy atom. The fourth-order valence-electron chi connectivity index (χ4n) is 10.6. The Morgan fingerprint density at radius 3 is 2.05 bits per heavy atom. The fourth-order valence-corrected chi connectivity index (χ4v) is 13.1. The summed E-state index contributed by atoms with van der Waals surface area (Å²) in [5.41, 5.74) is 17.0. The smallest absolute Gasteiger partial charge is 0.333 e. The molecule has 0 aliphatic carbocycles. The van der Waals surface area contributed by atoms with Crippen LogP contribution in [0.3, 0.4) is 0 Å². The molecule has 0 radical (unpaired) electrons. The van der Waals surface area contributed by atoms with E-state index in [1.807, 2.05) is 22.7 Å². The van der Waals surface area contributed by atoms with E-state index in [2.05, 4.69) is 188 Å². The molecule has 3 nitrogen and oxygen atoms in total. The van der Waals surface area contributed by atoms with E-state index in [4.69, 9.17) is 4.42 Å². The summed E-state index contributed by atoms with van der Waals surface area (Å²) in [6.45, 7) is 6.85. The molecule has 2 aliphatic heterocycles. The summed E-state index contributed by atoms with van der Waals surface area (Å²) < 4.78 is 14.8. The van der Waals surface area contributed by atoms with Gasteiger partial charge in [0.2, 0.25) is 0 Å². The maximum atomic E-state index is 6.80. The average Bonchev–Trinajstić information content (AvgIpc) is 4.03. The number of benzene rings is 8. The highest BCUT2D eigenvalue weighted by Crippen LogP contribution is 2.54. The van der Waals surface area contributed by atoms with Crippen LogP contribution in [-0.4, -0.2) is 11.3 Å². The molecule has 0 amide bonds. The van der Waals surface area contributed by atoms with E-state index >= 15 is 0 Å². The summed E-state index contributed by atoms with van der Waals surface area (Å²) >= 11 is 3.85. The fraction of sp³-hybridized carbons (Fsp3) is 0.0741. The van der Waals surface area contributed by atoms with Crippen LogP contribution < -0.4 is 15.8 Å². The summed E-state index contributed by atoms with van der Waals surface area (Å²) in [5, 5.41) is 7.55. The number of para-hydroxylation sites is 2. The number of rotatable bonds is 2. The summed E-state index contributed by atoms with van der Waals surface area (Å²) in [6.07, 6.45) is 0. The van der Waals surface area contributed by atoms with Gasteiger partial charge in [0.05, 0.1) is 26.3 Å². The largest absolute Gasteiger partial charge is 0.456 e. The molecule has 0 spiro atoms. The molecule has 282 valence electrons. The van der Waals surface area contributed by atoms with Crippen molar-refractivity contribution in [1.29, 1.82) is 0 Å². The van der Waals surface area contributed by atoms with E-state index in [1.165, 1.54) is 101 Å². The maximum Gasteiger partial charge on any atom is 0.333 e. The van der Waals surface area contributed by atoms with Crippen LogP contribution in [0.25, 0.3) is 95.6 Å². The highest BCUT2D eigenvalue weighted by atomic mass is 32.1. The minimum Gasteiger partial charge on any atom is -0.456 e. The zero-order chi connectivity index (χ0) is 39.6.